The zero-order valence-corrected chi connectivity index (χ0v) is 12.9. The van der Waals surface area contributed by atoms with Gasteiger partial charge in [0.25, 0.3) is 0 Å². The molecule has 2 aromatic heterocycles. The van der Waals surface area contributed by atoms with E-state index in [0.717, 1.165) is 5.69 Å². The Kier molecular flexibility index (Phi) is 5.00. The molecule has 0 fully saturated rings. The predicted octanol–water partition coefficient (Wildman–Crippen LogP) is 4.38. The molecular weight excluding hydrogens is 300 g/mol. The number of hydrogen-bond donors (Lipinski definition) is 0. The number of ketones is 1. The van der Waals surface area contributed by atoms with Crippen molar-refractivity contribution >= 4 is 5.78 Å². The van der Waals surface area contributed by atoms with Crippen molar-refractivity contribution in [1.82, 2.24) is 9.55 Å². The van der Waals surface area contributed by atoms with Crippen molar-refractivity contribution in [3.8, 4) is 5.69 Å². The topological polar surface area (TPSA) is 48.0 Å². The smallest absolute Gasteiger partial charge is 0.228 e. The van der Waals surface area contributed by atoms with E-state index < -0.39 is 0 Å². The van der Waals surface area contributed by atoms with Crippen LogP contribution < -0.4 is 0 Å². The lowest BCUT2D eigenvalue weighted by atomic mass is 10.1. The molecule has 4 nitrogen and oxygen atoms in total. The van der Waals surface area contributed by atoms with Crippen LogP contribution in [0.25, 0.3) is 5.69 Å². The third-order valence-electron chi connectivity index (χ3n) is 3.34. The van der Waals surface area contributed by atoms with E-state index in [1.54, 1.807) is 36.8 Å². The lowest BCUT2D eigenvalue weighted by molar-refractivity contribution is 0.101. The van der Waals surface area contributed by atoms with Gasteiger partial charge in [-0.05, 0) is 24.3 Å². The molecule has 0 radical (unpaired) electrons. The summed E-state index contributed by atoms with van der Waals surface area (Å²) in [7, 11) is 0. The van der Waals surface area contributed by atoms with E-state index in [0.29, 0.717) is 11.3 Å². The Hall–Kier alpha value is -3.40. The van der Waals surface area contributed by atoms with Gasteiger partial charge >= 0.3 is 0 Å². The number of imidazole rings is 1. The summed E-state index contributed by atoms with van der Waals surface area (Å²) in [5.74, 6) is 0.303. The van der Waals surface area contributed by atoms with Crippen molar-refractivity contribution in [2.45, 2.75) is 0 Å². The molecule has 0 amide bonds. The Morgan fingerprint density at radius 3 is 2.17 bits per heavy atom. The van der Waals surface area contributed by atoms with Crippen LogP contribution >= 0.6 is 0 Å². The highest BCUT2D eigenvalue weighted by Gasteiger charge is 2.09. The van der Waals surface area contributed by atoms with Gasteiger partial charge in [-0.3, -0.25) is 4.79 Å². The van der Waals surface area contributed by atoms with Gasteiger partial charge in [0.1, 0.15) is 0 Å². The number of carbonyl (C=O) groups excluding carboxylic acids is 1. The molecule has 2 aromatic carbocycles. The molecule has 4 heteroatoms. The van der Waals surface area contributed by atoms with E-state index in [4.69, 9.17) is 4.42 Å². The largest absolute Gasteiger partial charge is 0.461 e. The van der Waals surface area contributed by atoms with Gasteiger partial charge in [-0.2, -0.15) is 0 Å². The Morgan fingerprint density at radius 1 is 0.875 bits per heavy atom. The van der Waals surface area contributed by atoms with Crippen molar-refractivity contribution in [2.75, 3.05) is 0 Å². The highest BCUT2D eigenvalue weighted by Crippen LogP contribution is 2.09. The molecule has 0 N–H and O–H groups in total. The summed E-state index contributed by atoms with van der Waals surface area (Å²) in [5, 5.41) is 0. The van der Waals surface area contributed by atoms with Crippen LogP contribution in [0.15, 0.2) is 102 Å². The molecule has 0 bridgehead atoms. The van der Waals surface area contributed by atoms with Gasteiger partial charge in [-0.25, -0.2) is 4.98 Å². The summed E-state index contributed by atoms with van der Waals surface area (Å²) in [6, 6.07) is 22.5. The van der Waals surface area contributed by atoms with E-state index in [9.17, 15) is 4.79 Å². The van der Waals surface area contributed by atoms with Crippen LogP contribution in [-0.4, -0.2) is 15.3 Å². The van der Waals surface area contributed by atoms with Crippen LogP contribution in [0.5, 0.6) is 0 Å². The first kappa shape index (κ1) is 15.5. The van der Waals surface area contributed by atoms with Gasteiger partial charge in [0.2, 0.25) is 5.78 Å². The van der Waals surface area contributed by atoms with Crippen molar-refractivity contribution < 1.29 is 9.21 Å². The maximum Gasteiger partial charge on any atom is 0.228 e. The minimum absolute atomic E-state index is 0.0781. The first-order valence-electron chi connectivity index (χ1n) is 7.51. The Labute approximate surface area is 140 Å². The van der Waals surface area contributed by atoms with Gasteiger partial charge in [0, 0.05) is 23.6 Å². The van der Waals surface area contributed by atoms with Crippen LogP contribution in [0.3, 0.4) is 0 Å². The molecule has 0 atom stereocenters. The van der Waals surface area contributed by atoms with Crippen LogP contribution in [0.2, 0.25) is 0 Å². The molecule has 0 unspecified atom stereocenters. The molecule has 24 heavy (non-hydrogen) atoms. The van der Waals surface area contributed by atoms with Crippen molar-refractivity contribution in [2.24, 2.45) is 0 Å². The highest BCUT2D eigenvalue weighted by atomic mass is 16.3. The Balaban J connectivity index is 0.000000143. The van der Waals surface area contributed by atoms with Crippen LogP contribution in [0.4, 0.5) is 0 Å². The molecule has 0 saturated carbocycles. The number of nitrogens with zero attached hydrogens (tertiary/aromatic N) is 2. The summed E-state index contributed by atoms with van der Waals surface area (Å²) in [4.78, 5) is 15.6. The SMILES string of the molecule is O=C(c1ccccc1)c1ccco1.c1ccc(-n2ccnc2)cc1. The summed E-state index contributed by atoms with van der Waals surface area (Å²) in [6.07, 6.45) is 6.98. The van der Waals surface area contributed by atoms with Crippen LogP contribution in [0.1, 0.15) is 16.1 Å². The molecular formula is C20H16N2O2. The third kappa shape index (κ3) is 3.87. The molecule has 0 spiro atoms. The fourth-order valence-electron chi connectivity index (χ4n) is 2.15. The normalized spacial score (nSPS) is 9.83. The Bertz CT molecular complexity index is 853. The van der Waals surface area contributed by atoms with Crippen molar-refractivity contribution in [3.63, 3.8) is 0 Å². The minimum atomic E-state index is -0.0781. The average Bonchev–Trinajstić information content (AvgIpc) is 3.37. The number of benzene rings is 2. The lowest BCUT2D eigenvalue weighted by Gasteiger charge is -1.98. The first-order valence-corrected chi connectivity index (χ1v) is 7.51. The molecule has 4 rings (SSSR count). The monoisotopic (exact) mass is 316 g/mol. The molecule has 0 aliphatic heterocycles. The molecule has 0 aliphatic carbocycles. The average molecular weight is 316 g/mol. The van der Waals surface area contributed by atoms with E-state index in [2.05, 4.69) is 4.98 Å². The lowest BCUT2D eigenvalue weighted by Crippen LogP contribution is -1.98. The zero-order chi connectivity index (χ0) is 16.6. The van der Waals surface area contributed by atoms with E-state index in [-0.39, 0.29) is 5.78 Å². The van der Waals surface area contributed by atoms with Crippen molar-refractivity contribution in [1.29, 1.82) is 0 Å². The summed E-state index contributed by atoms with van der Waals surface area (Å²) in [6.45, 7) is 0. The molecule has 4 aromatic rings. The van der Waals surface area contributed by atoms with Gasteiger partial charge in [-0.1, -0.05) is 48.5 Å². The quantitative estimate of drug-likeness (QED) is 0.527. The standard InChI is InChI=1S/C11H8O2.C9H8N2/c12-11(10-7-4-8-13-10)9-5-2-1-3-6-9;1-2-4-9(5-3-1)11-7-6-10-8-11/h1-8H;1-8H. The van der Waals surface area contributed by atoms with E-state index in [1.807, 2.05) is 59.3 Å². The molecule has 2 heterocycles. The summed E-state index contributed by atoms with van der Waals surface area (Å²) < 4.78 is 6.97. The van der Waals surface area contributed by atoms with Crippen LogP contribution in [-0.2, 0) is 0 Å². The van der Waals surface area contributed by atoms with E-state index in [1.165, 1.54) is 6.26 Å². The Morgan fingerprint density at radius 2 is 1.58 bits per heavy atom. The number of aromatic nitrogens is 2. The van der Waals surface area contributed by atoms with Gasteiger partial charge in [0.15, 0.2) is 5.76 Å². The number of furan rings is 1. The second kappa shape index (κ2) is 7.74. The van der Waals surface area contributed by atoms with E-state index >= 15 is 0 Å². The second-order valence-corrected chi connectivity index (χ2v) is 4.98. The predicted molar refractivity (Wildman–Crippen MR) is 92.1 cm³/mol. The molecule has 0 saturated heterocycles. The maximum absolute atomic E-state index is 11.6. The van der Waals surface area contributed by atoms with Gasteiger partial charge in [0.05, 0.1) is 12.6 Å². The maximum atomic E-state index is 11.6. The zero-order valence-electron chi connectivity index (χ0n) is 12.9. The summed E-state index contributed by atoms with van der Waals surface area (Å²) >= 11 is 0. The third-order valence-corrected chi connectivity index (χ3v) is 3.34. The second-order valence-electron chi connectivity index (χ2n) is 4.98. The number of para-hydroxylation sites is 1. The van der Waals surface area contributed by atoms with Gasteiger partial charge in [-0.15, -0.1) is 0 Å². The number of rotatable bonds is 3. The fraction of sp³-hybridized carbons (Fsp3) is 0. The molecule has 118 valence electrons. The van der Waals surface area contributed by atoms with Gasteiger partial charge < -0.3 is 8.98 Å². The molecule has 0 aliphatic rings. The summed E-state index contributed by atoms with van der Waals surface area (Å²) in [5.41, 5.74) is 1.79. The minimum Gasteiger partial charge on any atom is -0.461 e. The fourth-order valence-corrected chi connectivity index (χ4v) is 2.15. The first-order chi connectivity index (χ1) is 11.8. The van der Waals surface area contributed by atoms with Crippen molar-refractivity contribution in [3.05, 3.63) is 109 Å². The van der Waals surface area contributed by atoms with Crippen LogP contribution in [0, 0.1) is 0 Å². The highest BCUT2D eigenvalue weighted by molar-refractivity contribution is 6.06. The number of carbonyl (C=O) groups is 1. The number of hydrogen-bond acceptors (Lipinski definition) is 3.